The van der Waals surface area contributed by atoms with E-state index in [1.165, 1.54) is 7.11 Å². The monoisotopic (exact) mass is 496 g/mol. The minimum absolute atomic E-state index is 0.233. The van der Waals surface area contributed by atoms with Crippen LogP contribution in [0.1, 0.15) is 26.4 Å². The van der Waals surface area contributed by atoms with E-state index < -0.39 is 5.97 Å². The molecule has 180 valence electrons. The first-order valence-corrected chi connectivity index (χ1v) is 12.2. The third-order valence-corrected chi connectivity index (χ3v) is 6.82. The summed E-state index contributed by atoms with van der Waals surface area (Å²) in [6, 6.07) is 24.6. The van der Waals surface area contributed by atoms with Crippen molar-refractivity contribution in [1.82, 2.24) is 15.0 Å². The summed E-state index contributed by atoms with van der Waals surface area (Å²) in [5.41, 5.74) is 7.54. The molecule has 0 aliphatic carbocycles. The fraction of sp³-hybridized carbons (Fsp3) is 0.107. The van der Waals surface area contributed by atoms with Crippen LogP contribution in [0.4, 0.5) is 5.69 Å². The fourth-order valence-corrected chi connectivity index (χ4v) is 4.88. The van der Waals surface area contributed by atoms with Gasteiger partial charge in [0.15, 0.2) is 0 Å². The number of rotatable bonds is 7. The molecular formula is C28H24N4O3S. The number of nitrogens with one attached hydrogen (secondary N) is 1. The highest BCUT2D eigenvalue weighted by atomic mass is 32.1. The highest BCUT2D eigenvalue weighted by Gasteiger charge is 2.16. The van der Waals surface area contributed by atoms with Crippen LogP contribution in [-0.2, 0) is 11.3 Å². The number of nitrogens with zero attached hydrogens (tertiary/aromatic N) is 3. The molecular weight excluding hydrogens is 472 g/mol. The summed E-state index contributed by atoms with van der Waals surface area (Å²) >= 11 is 1.61. The average Bonchev–Trinajstić information content (AvgIpc) is 3.56. The highest BCUT2D eigenvalue weighted by Crippen LogP contribution is 2.26. The second-order valence-corrected chi connectivity index (χ2v) is 9.09. The normalized spacial score (nSPS) is 10.8. The van der Waals surface area contributed by atoms with Crippen molar-refractivity contribution in [3.8, 4) is 10.6 Å². The van der Waals surface area contributed by atoms with Crippen molar-refractivity contribution in [2.75, 3.05) is 19.2 Å². The molecule has 0 radical (unpaired) electrons. The molecule has 0 spiro atoms. The number of thiazole rings is 1. The molecule has 7 nitrogen and oxygen atoms in total. The molecule has 2 aromatic heterocycles. The van der Waals surface area contributed by atoms with E-state index in [9.17, 15) is 9.59 Å². The van der Waals surface area contributed by atoms with Crippen molar-refractivity contribution in [3.05, 3.63) is 107 Å². The van der Waals surface area contributed by atoms with Crippen molar-refractivity contribution in [3.63, 3.8) is 0 Å². The zero-order valence-electron chi connectivity index (χ0n) is 19.8. The number of fused-ring (bicyclic) bond motifs is 1. The quantitative estimate of drug-likeness (QED) is 0.242. The lowest BCUT2D eigenvalue weighted by molar-refractivity contribution is 0.0600. The van der Waals surface area contributed by atoms with E-state index >= 15 is 0 Å². The van der Waals surface area contributed by atoms with Gasteiger partial charge in [0.05, 0.1) is 41.7 Å². The van der Waals surface area contributed by atoms with Gasteiger partial charge in [-0.25, -0.2) is 9.78 Å². The van der Waals surface area contributed by atoms with Crippen molar-refractivity contribution < 1.29 is 14.3 Å². The maximum Gasteiger partial charge on any atom is 0.337 e. The van der Waals surface area contributed by atoms with Crippen molar-refractivity contribution in [2.45, 2.75) is 6.54 Å². The molecule has 0 saturated heterocycles. The molecule has 5 rings (SSSR count). The Kier molecular flexibility index (Phi) is 6.51. The number of para-hydroxylation sites is 1. The molecule has 5 aromatic rings. The number of hydrazine groups is 1. The van der Waals surface area contributed by atoms with Crippen LogP contribution in [0.25, 0.3) is 21.5 Å². The van der Waals surface area contributed by atoms with Crippen LogP contribution < -0.4 is 10.4 Å². The number of benzene rings is 3. The number of hydrogen-bond donors (Lipinski definition) is 1. The van der Waals surface area contributed by atoms with E-state index in [2.05, 4.69) is 27.5 Å². The Balaban J connectivity index is 1.37. The molecule has 0 fully saturated rings. The van der Waals surface area contributed by atoms with Gasteiger partial charge in [0.2, 0.25) is 0 Å². The Morgan fingerprint density at radius 3 is 2.53 bits per heavy atom. The maximum atomic E-state index is 13.3. The first-order chi connectivity index (χ1) is 17.5. The van der Waals surface area contributed by atoms with E-state index in [1.807, 2.05) is 48.7 Å². The van der Waals surface area contributed by atoms with Crippen LogP contribution in [-0.4, -0.2) is 35.6 Å². The van der Waals surface area contributed by atoms with Crippen LogP contribution in [0, 0.1) is 0 Å². The van der Waals surface area contributed by atoms with E-state index in [0.717, 1.165) is 32.9 Å². The molecule has 0 unspecified atom stereocenters. The topological polar surface area (TPSA) is 76.5 Å². The summed E-state index contributed by atoms with van der Waals surface area (Å²) in [5.74, 6) is -0.639. The van der Waals surface area contributed by atoms with Crippen molar-refractivity contribution in [1.29, 1.82) is 0 Å². The molecule has 3 aromatic carbocycles. The zero-order chi connectivity index (χ0) is 25.1. The molecule has 36 heavy (non-hydrogen) atoms. The first kappa shape index (κ1) is 23.3. The number of amides is 1. The Morgan fingerprint density at radius 2 is 1.78 bits per heavy atom. The number of methoxy groups -OCH3 is 1. The van der Waals surface area contributed by atoms with Crippen LogP contribution >= 0.6 is 11.3 Å². The maximum absolute atomic E-state index is 13.3. The highest BCUT2D eigenvalue weighted by molar-refractivity contribution is 7.13. The van der Waals surface area contributed by atoms with Crippen LogP contribution in [0.15, 0.2) is 90.4 Å². The number of esters is 1. The lowest BCUT2D eigenvalue weighted by Gasteiger charge is -2.21. The molecule has 1 amide bonds. The minimum Gasteiger partial charge on any atom is -0.465 e. The van der Waals surface area contributed by atoms with Gasteiger partial charge < -0.3 is 9.30 Å². The lowest BCUT2D eigenvalue weighted by atomic mass is 10.1. The smallest absolute Gasteiger partial charge is 0.337 e. The van der Waals surface area contributed by atoms with Gasteiger partial charge in [0, 0.05) is 29.6 Å². The van der Waals surface area contributed by atoms with E-state index in [-0.39, 0.29) is 5.91 Å². The summed E-state index contributed by atoms with van der Waals surface area (Å²) < 4.78 is 6.80. The Bertz CT molecular complexity index is 1520. The molecule has 0 saturated carbocycles. The molecule has 0 aliphatic rings. The summed E-state index contributed by atoms with van der Waals surface area (Å²) in [6.45, 7) is 0.557. The largest absolute Gasteiger partial charge is 0.465 e. The Hall–Kier alpha value is -4.43. The number of hydrogen-bond acceptors (Lipinski definition) is 6. The van der Waals surface area contributed by atoms with Gasteiger partial charge in [-0.2, -0.15) is 0 Å². The average molecular weight is 497 g/mol. The van der Waals surface area contributed by atoms with Crippen LogP contribution in [0.5, 0.6) is 0 Å². The second kappa shape index (κ2) is 10.1. The SMILES string of the molecule is COC(=O)c1ccc(N(C)NC(=O)c2cccc3ccn(Cc4csc(-c5ccccc5)n4)c23)cc1. The molecule has 8 heteroatoms. The van der Waals surface area contributed by atoms with Gasteiger partial charge in [-0.05, 0) is 36.4 Å². The van der Waals surface area contributed by atoms with Gasteiger partial charge >= 0.3 is 5.97 Å². The third kappa shape index (κ3) is 4.71. The summed E-state index contributed by atoms with van der Waals surface area (Å²) in [4.78, 5) is 29.8. The molecule has 0 atom stereocenters. The van der Waals surface area contributed by atoms with E-state index in [0.29, 0.717) is 17.7 Å². The number of carbonyl (C=O) groups is 2. The molecule has 0 aliphatic heterocycles. The van der Waals surface area contributed by atoms with Gasteiger partial charge in [0.1, 0.15) is 5.01 Å². The first-order valence-electron chi connectivity index (χ1n) is 11.3. The number of ether oxygens (including phenoxy) is 1. The van der Waals surface area contributed by atoms with E-state index in [1.54, 1.807) is 47.7 Å². The lowest BCUT2D eigenvalue weighted by Crippen LogP contribution is -2.39. The zero-order valence-corrected chi connectivity index (χ0v) is 20.7. The van der Waals surface area contributed by atoms with Crippen LogP contribution in [0.3, 0.4) is 0 Å². The van der Waals surface area contributed by atoms with Crippen LogP contribution in [0.2, 0.25) is 0 Å². The molecule has 1 N–H and O–H groups in total. The second-order valence-electron chi connectivity index (χ2n) is 8.24. The van der Waals surface area contributed by atoms with Gasteiger partial charge in [-0.15, -0.1) is 11.3 Å². The predicted molar refractivity (Wildman–Crippen MR) is 142 cm³/mol. The number of anilines is 1. The Morgan fingerprint density at radius 1 is 1.00 bits per heavy atom. The summed E-state index contributed by atoms with van der Waals surface area (Å²) in [6.07, 6.45) is 1.98. The predicted octanol–water partition coefficient (Wildman–Crippen LogP) is 5.38. The number of aromatic nitrogens is 2. The summed E-state index contributed by atoms with van der Waals surface area (Å²) in [5, 5.41) is 5.64. The van der Waals surface area contributed by atoms with Crippen molar-refractivity contribution >= 4 is 39.8 Å². The third-order valence-electron chi connectivity index (χ3n) is 5.88. The van der Waals surface area contributed by atoms with E-state index in [4.69, 9.17) is 9.72 Å². The summed E-state index contributed by atoms with van der Waals surface area (Å²) in [7, 11) is 3.10. The Labute approximate surface area is 212 Å². The standard InChI is InChI=1S/C28H24N4O3S/c1-31(23-13-11-21(12-14-23)28(34)35-2)30-26(33)24-10-6-9-19-15-16-32(25(19)24)17-22-18-36-27(29-22)20-7-4-3-5-8-20/h3-16,18H,17H2,1-2H3,(H,30,33). The van der Waals surface area contributed by atoms with Gasteiger partial charge in [0.25, 0.3) is 5.91 Å². The van der Waals surface area contributed by atoms with Gasteiger partial charge in [-0.1, -0.05) is 42.5 Å². The fourth-order valence-electron chi connectivity index (χ4n) is 4.06. The van der Waals surface area contributed by atoms with Gasteiger partial charge in [-0.3, -0.25) is 15.2 Å². The number of carbonyl (C=O) groups excluding carboxylic acids is 2. The molecule has 0 bridgehead atoms. The molecule has 2 heterocycles. The van der Waals surface area contributed by atoms with Crippen molar-refractivity contribution in [2.24, 2.45) is 0 Å². The minimum atomic E-state index is -0.406.